The fraction of sp³-hybridized carbons (Fsp3) is 0.214. The maximum absolute atomic E-state index is 12.2. The fourth-order valence-corrected chi connectivity index (χ4v) is 3.81. The summed E-state index contributed by atoms with van der Waals surface area (Å²) < 4.78 is 42.6. The van der Waals surface area contributed by atoms with Crippen molar-refractivity contribution in [1.29, 1.82) is 0 Å². The van der Waals surface area contributed by atoms with Crippen LogP contribution >= 0.6 is 23.2 Å². The third-order valence-electron chi connectivity index (χ3n) is 5.38. The highest BCUT2D eigenvalue weighted by molar-refractivity contribution is 7.80. The molecule has 0 aliphatic carbocycles. The summed E-state index contributed by atoms with van der Waals surface area (Å²) in [7, 11) is -1.90. The van der Waals surface area contributed by atoms with E-state index in [1.807, 2.05) is 26.0 Å². The highest BCUT2D eigenvalue weighted by Gasteiger charge is 2.16. The number of carbonyl (C=O) groups is 2. The number of ether oxygens (including phenoxy) is 2. The molecule has 0 unspecified atom stereocenters. The first-order valence-electron chi connectivity index (χ1n) is 12.3. The molecule has 230 valence electrons. The summed E-state index contributed by atoms with van der Waals surface area (Å²) in [5.74, 6) is -1.42. The van der Waals surface area contributed by atoms with E-state index in [-0.39, 0.29) is 12.4 Å². The number of carbonyl (C=O) groups excluding carboxylic acids is 1. The van der Waals surface area contributed by atoms with Gasteiger partial charge in [-0.1, -0.05) is 64.3 Å². The molecule has 0 aliphatic heterocycles. The molecule has 0 spiro atoms. The van der Waals surface area contributed by atoms with Crippen LogP contribution < -0.4 is 10.00 Å². The number of fused-ring (bicyclic) bond motifs is 1. The van der Waals surface area contributed by atoms with Gasteiger partial charge in [0.25, 0.3) is 0 Å². The molecule has 15 heteroatoms. The predicted octanol–water partition coefficient (Wildman–Crippen LogP) is 5.05. The van der Waals surface area contributed by atoms with Crippen LogP contribution in [0.25, 0.3) is 10.9 Å². The standard InChI is InChI=1S/C17H17Cl2NO3.C10H8N2O2.CH4O4S/c1-3-22-10-23-17(21)12-6-4-5-7-14(12)20-16-13(18)9-8-11(2)15(16)19;1-12-6-8(10(13)14)7-4-2-3-5-9(7)11-12;1-5-6(2,3)4/h4-9,20H,3,10H2,1-2H3;2-6H,1H3;1H3,(H,2,3,4). The van der Waals surface area contributed by atoms with Crippen LogP contribution in [-0.2, 0) is 31.1 Å². The highest BCUT2D eigenvalue weighted by Crippen LogP contribution is 2.36. The molecule has 3 aromatic carbocycles. The minimum Gasteiger partial charge on any atom is -0.726 e. The van der Waals surface area contributed by atoms with Crippen molar-refractivity contribution in [2.24, 2.45) is 7.05 Å². The predicted molar refractivity (Wildman–Crippen MR) is 159 cm³/mol. The number of aromatic nitrogens is 2. The average molecular weight is 655 g/mol. The van der Waals surface area contributed by atoms with E-state index in [0.29, 0.717) is 44.5 Å². The number of halogens is 2. The number of aryl methyl sites for hydroxylation is 2. The Balaban J connectivity index is 0.000000272. The summed E-state index contributed by atoms with van der Waals surface area (Å²) in [6.07, 6.45) is 1.50. The Labute approximate surface area is 258 Å². The molecule has 0 amide bonds. The number of rotatable bonds is 8. The van der Waals surface area contributed by atoms with E-state index in [1.54, 1.807) is 55.6 Å². The first-order chi connectivity index (χ1) is 20.3. The summed E-state index contributed by atoms with van der Waals surface area (Å²) in [5, 5.41) is 17.9. The van der Waals surface area contributed by atoms with Gasteiger partial charge in [0.05, 0.1) is 34.1 Å². The number of nitrogens with one attached hydrogen (secondary N) is 1. The summed E-state index contributed by atoms with van der Waals surface area (Å²) in [4.78, 5) is 23.1. The summed E-state index contributed by atoms with van der Waals surface area (Å²) in [6.45, 7) is 4.09. The summed E-state index contributed by atoms with van der Waals surface area (Å²) >= 11 is 12.5. The van der Waals surface area contributed by atoms with E-state index >= 15 is 0 Å². The quantitative estimate of drug-likeness (QED) is 0.0652. The van der Waals surface area contributed by atoms with Gasteiger partial charge >= 0.3 is 11.9 Å². The molecule has 1 aromatic heterocycles. The maximum Gasteiger partial charge on any atom is 0.342 e. The molecule has 2 N–H and O–H groups in total. The van der Waals surface area contributed by atoms with Gasteiger partial charge in [0, 0.05) is 12.0 Å². The molecule has 43 heavy (non-hydrogen) atoms. The van der Waals surface area contributed by atoms with Crippen LogP contribution in [0.2, 0.25) is 10.0 Å². The number of benzene rings is 3. The summed E-state index contributed by atoms with van der Waals surface area (Å²) in [6, 6.07) is 17.7. The lowest BCUT2D eigenvalue weighted by molar-refractivity contribution is -0.728. The third-order valence-corrected chi connectivity index (χ3v) is 6.59. The molecule has 0 aliphatic rings. The molecule has 0 radical (unpaired) electrons. The number of carboxylic acids is 1. The van der Waals surface area contributed by atoms with Crippen molar-refractivity contribution < 1.29 is 46.0 Å². The lowest BCUT2D eigenvalue weighted by Crippen LogP contribution is -2.33. The van der Waals surface area contributed by atoms with Crippen molar-refractivity contribution >= 4 is 67.8 Å². The second kappa shape index (κ2) is 16.7. The minimum absolute atomic E-state index is 0.0877. The Kier molecular flexibility index (Phi) is 13.7. The number of carboxylic acid groups (broad SMARTS) is 1. The van der Waals surface area contributed by atoms with Crippen molar-refractivity contribution in [2.45, 2.75) is 13.8 Å². The molecule has 4 rings (SSSR count). The van der Waals surface area contributed by atoms with Crippen LogP contribution in [-0.4, -0.2) is 55.6 Å². The highest BCUT2D eigenvalue weighted by atomic mass is 35.5. The van der Waals surface area contributed by atoms with E-state index in [9.17, 15) is 22.6 Å². The Morgan fingerprint density at radius 2 is 1.67 bits per heavy atom. The maximum atomic E-state index is 12.2. The van der Waals surface area contributed by atoms with Gasteiger partial charge in [0.1, 0.15) is 11.1 Å². The smallest absolute Gasteiger partial charge is 0.342 e. The Morgan fingerprint density at radius 3 is 2.30 bits per heavy atom. The topological polar surface area (TPSA) is 168 Å². The van der Waals surface area contributed by atoms with Gasteiger partial charge in [-0.25, -0.2) is 18.0 Å². The first-order valence-corrected chi connectivity index (χ1v) is 14.4. The summed E-state index contributed by atoms with van der Waals surface area (Å²) in [5.41, 5.74) is 3.34. The van der Waals surface area contributed by atoms with Crippen molar-refractivity contribution in [3.63, 3.8) is 0 Å². The number of aromatic carboxylic acids is 1. The van der Waals surface area contributed by atoms with Crippen LogP contribution in [0.5, 0.6) is 0 Å². The Bertz CT molecular complexity index is 1690. The van der Waals surface area contributed by atoms with E-state index in [0.717, 1.165) is 12.7 Å². The molecule has 1 heterocycles. The number of anilines is 2. The normalized spacial score (nSPS) is 10.6. The number of hydrogen-bond donors (Lipinski definition) is 2. The molecule has 0 saturated carbocycles. The van der Waals surface area contributed by atoms with Crippen LogP contribution in [0.15, 0.2) is 66.9 Å². The molecule has 0 saturated heterocycles. The van der Waals surface area contributed by atoms with Crippen molar-refractivity contribution in [3.8, 4) is 0 Å². The van der Waals surface area contributed by atoms with Crippen molar-refractivity contribution in [3.05, 3.63) is 93.6 Å². The van der Waals surface area contributed by atoms with E-state index in [2.05, 4.69) is 14.6 Å². The third kappa shape index (κ3) is 11.1. The zero-order chi connectivity index (χ0) is 32.2. The van der Waals surface area contributed by atoms with E-state index in [1.165, 1.54) is 10.9 Å². The SMILES string of the molecule is CCOCOC(=O)c1ccccc1Nc1c(Cl)ccc(C)c1Cl.COS(=O)(=O)[O-].C[n+]1cc(C(=O)O)c2ccccc2n1. The first kappa shape index (κ1) is 35.3. The molecular formula is C28H29Cl2N3O9S. The van der Waals surface area contributed by atoms with E-state index < -0.39 is 22.3 Å². The fourth-order valence-electron chi connectivity index (χ4n) is 3.35. The van der Waals surface area contributed by atoms with Crippen LogP contribution in [0.4, 0.5) is 11.4 Å². The lowest BCUT2D eigenvalue weighted by Gasteiger charge is -2.15. The van der Waals surface area contributed by atoms with Gasteiger partial charge in [-0.05, 0) is 48.8 Å². The van der Waals surface area contributed by atoms with Gasteiger partial charge in [-0.3, -0.25) is 4.18 Å². The van der Waals surface area contributed by atoms with Crippen molar-refractivity contribution in [1.82, 2.24) is 5.10 Å². The van der Waals surface area contributed by atoms with Gasteiger partial charge in [-0.15, -0.1) is 0 Å². The minimum atomic E-state index is -4.41. The van der Waals surface area contributed by atoms with Gasteiger partial charge < -0.3 is 24.4 Å². The van der Waals surface area contributed by atoms with Gasteiger partial charge in [0.15, 0.2) is 13.8 Å². The van der Waals surface area contributed by atoms with Crippen molar-refractivity contribution in [2.75, 3.05) is 25.8 Å². The number of esters is 1. The second-order valence-electron chi connectivity index (χ2n) is 8.38. The molecule has 12 nitrogen and oxygen atoms in total. The lowest BCUT2D eigenvalue weighted by atomic mass is 10.1. The Hall–Kier alpha value is -3.85. The van der Waals surface area contributed by atoms with E-state index in [4.69, 9.17) is 37.8 Å². The largest absolute Gasteiger partial charge is 0.726 e. The molecular weight excluding hydrogens is 625 g/mol. The molecule has 4 aromatic rings. The molecule has 0 fully saturated rings. The van der Waals surface area contributed by atoms with Crippen LogP contribution in [0.1, 0.15) is 33.2 Å². The molecule has 0 bridgehead atoms. The van der Waals surface area contributed by atoms with Crippen LogP contribution in [0.3, 0.4) is 0 Å². The zero-order valence-corrected chi connectivity index (χ0v) is 25.9. The van der Waals surface area contributed by atoms with Gasteiger partial charge in [-0.2, -0.15) is 0 Å². The van der Waals surface area contributed by atoms with Gasteiger partial charge in [0.2, 0.25) is 16.6 Å². The Morgan fingerprint density at radius 1 is 1.05 bits per heavy atom. The zero-order valence-electron chi connectivity index (χ0n) is 23.5. The number of para-hydroxylation sites is 1. The number of nitrogens with zero attached hydrogens (tertiary/aromatic N) is 2. The van der Waals surface area contributed by atoms with Crippen LogP contribution in [0, 0.1) is 6.92 Å². The molecule has 0 atom stereocenters. The monoisotopic (exact) mass is 653 g/mol. The average Bonchev–Trinajstić information content (AvgIpc) is 2.97. The second-order valence-corrected chi connectivity index (χ2v) is 10.3. The number of hydrogen-bond acceptors (Lipinski definition) is 10.